The zero-order valence-electron chi connectivity index (χ0n) is 8.06. The highest BCUT2D eigenvalue weighted by Gasteiger charge is 2.13. The van der Waals surface area contributed by atoms with Crippen molar-refractivity contribution in [3.8, 4) is 0 Å². The summed E-state index contributed by atoms with van der Waals surface area (Å²) < 4.78 is 26.3. The third-order valence-corrected chi connectivity index (χ3v) is 2.32. The molecule has 0 heterocycles. The molecule has 0 radical (unpaired) electrons. The zero-order valence-corrected chi connectivity index (χ0v) is 8.87. The minimum absolute atomic E-state index is 0.300. The van der Waals surface area contributed by atoms with Crippen LogP contribution in [-0.4, -0.2) is 39.8 Å². The van der Waals surface area contributed by atoms with Crippen molar-refractivity contribution < 1.29 is 27.6 Å². The molecule has 8 nitrogen and oxygen atoms in total. The van der Waals surface area contributed by atoms with Crippen LogP contribution in [0.1, 0.15) is 6.42 Å². The van der Waals surface area contributed by atoms with Crippen LogP contribution in [0.25, 0.3) is 0 Å². The lowest BCUT2D eigenvalue weighted by atomic mass is 10.5. The molecular weight excluding hydrogens is 228 g/mol. The van der Waals surface area contributed by atoms with Crippen LogP contribution in [0.4, 0.5) is 0 Å². The SMILES string of the molecule is COC(=O)CCS(=O)(=O)NOCC(N)=O. The number of ether oxygens (including phenoxy) is 1. The Labute approximate surface area is 86.7 Å². The lowest BCUT2D eigenvalue weighted by molar-refractivity contribution is -0.140. The molecule has 0 rings (SSSR count). The lowest BCUT2D eigenvalue weighted by Crippen LogP contribution is -2.31. The van der Waals surface area contributed by atoms with E-state index in [2.05, 4.69) is 9.57 Å². The van der Waals surface area contributed by atoms with E-state index in [0.717, 1.165) is 7.11 Å². The quantitative estimate of drug-likeness (QED) is 0.387. The summed E-state index contributed by atoms with van der Waals surface area (Å²) in [6.45, 7) is -0.572. The second-order valence-corrected chi connectivity index (χ2v) is 4.29. The predicted octanol–water partition coefficient (Wildman–Crippen LogP) is -2.11. The van der Waals surface area contributed by atoms with E-state index in [9.17, 15) is 18.0 Å². The van der Waals surface area contributed by atoms with Crippen molar-refractivity contribution in [1.29, 1.82) is 0 Å². The van der Waals surface area contributed by atoms with Gasteiger partial charge in [0.15, 0.2) is 0 Å². The first-order valence-electron chi connectivity index (χ1n) is 3.84. The molecule has 9 heteroatoms. The van der Waals surface area contributed by atoms with Crippen molar-refractivity contribution in [2.45, 2.75) is 6.42 Å². The van der Waals surface area contributed by atoms with E-state index in [1.165, 1.54) is 0 Å². The average molecular weight is 240 g/mol. The van der Waals surface area contributed by atoms with Crippen LogP contribution >= 0.6 is 0 Å². The van der Waals surface area contributed by atoms with E-state index in [1.54, 1.807) is 4.89 Å². The molecule has 3 N–H and O–H groups in total. The van der Waals surface area contributed by atoms with Gasteiger partial charge in [-0.25, -0.2) is 8.42 Å². The first kappa shape index (κ1) is 13.8. The molecule has 0 unspecified atom stereocenters. The van der Waals surface area contributed by atoms with Gasteiger partial charge in [-0.3, -0.25) is 14.4 Å². The van der Waals surface area contributed by atoms with Crippen LogP contribution in [-0.2, 0) is 29.2 Å². The number of primary amides is 1. The summed E-state index contributed by atoms with van der Waals surface area (Å²) in [6.07, 6.45) is -0.300. The first-order chi connectivity index (χ1) is 6.87. The van der Waals surface area contributed by atoms with Crippen molar-refractivity contribution in [2.75, 3.05) is 19.5 Å². The highest BCUT2D eigenvalue weighted by Crippen LogP contribution is 1.91. The van der Waals surface area contributed by atoms with Gasteiger partial charge in [0, 0.05) is 0 Å². The summed E-state index contributed by atoms with van der Waals surface area (Å²) in [7, 11) is -2.62. The summed E-state index contributed by atoms with van der Waals surface area (Å²) in [5.41, 5.74) is 4.69. The molecule has 15 heavy (non-hydrogen) atoms. The summed E-state index contributed by atoms with van der Waals surface area (Å²) in [5, 5.41) is 0. The number of esters is 1. The third kappa shape index (κ3) is 7.85. The van der Waals surface area contributed by atoms with Gasteiger partial charge in [0.05, 0.1) is 19.3 Å². The van der Waals surface area contributed by atoms with Gasteiger partial charge in [0.2, 0.25) is 15.9 Å². The third-order valence-electron chi connectivity index (χ3n) is 1.20. The van der Waals surface area contributed by atoms with Crippen LogP contribution in [0.2, 0.25) is 0 Å². The molecule has 0 saturated heterocycles. The number of methoxy groups -OCH3 is 1. The fourth-order valence-corrected chi connectivity index (χ4v) is 1.31. The number of hydrogen-bond acceptors (Lipinski definition) is 6. The Hall–Kier alpha value is -1.19. The van der Waals surface area contributed by atoms with Crippen LogP contribution in [0, 0.1) is 0 Å². The van der Waals surface area contributed by atoms with E-state index in [1.807, 2.05) is 0 Å². The van der Waals surface area contributed by atoms with E-state index in [-0.39, 0.29) is 6.42 Å². The fourth-order valence-electron chi connectivity index (χ4n) is 0.552. The molecule has 0 atom stereocenters. The molecule has 0 bridgehead atoms. The van der Waals surface area contributed by atoms with Gasteiger partial charge in [0.25, 0.3) is 0 Å². The summed E-state index contributed by atoms with van der Waals surface area (Å²) in [5.74, 6) is -1.96. The number of nitrogens with two attached hydrogens (primary N) is 1. The predicted molar refractivity (Wildman–Crippen MR) is 48.7 cm³/mol. The monoisotopic (exact) mass is 240 g/mol. The largest absolute Gasteiger partial charge is 0.469 e. The molecule has 0 saturated carbocycles. The Kier molecular flexibility index (Phi) is 5.82. The first-order valence-corrected chi connectivity index (χ1v) is 5.49. The highest BCUT2D eigenvalue weighted by atomic mass is 32.2. The second kappa shape index (κ2) is 6.32. The van der Waals surface area contributed by atoms with Gasteiger partial charge in [-0.05, 0) is 0 Å². The number of carbonyl (C=O) groups excluding carboxylic acids is 2. The van der Waals surface area contributed by atoms with Crippen LogP contribution in [0.5, 0.6) is 0 Å². The van der Waals surface area contributed by atoms with Gasteiger partial charge >= 0.3 is 5.97 Å². The summed E-state index contributed by atoms with van der Waals surface area (Å²) in [6, 6.07) is 0. The normalized spacial score (nSPS) is 11.0. The number of rotatable bonds is 7. The van der Waals surface area contributed by atoms with Gasteiger partial charge in [0.1, 0.15) is 6.61 Å². The molecule has 0 fully saturated rings. The lowest BCUT2D eigenvalue weighted by Gasteiger charge is -2.04. The molecule has 0 aliphatic carbocycles. The molecule has 0 aromatic carbocycles. The number of carbonyl (C=O) groups is 2. The number of nitrogens with one attached hydrogen (secondary N) is 1. The zero-order chi connectivity index (χ0) is 11.9. The van der Waals surface area contributed by atoms with Gasteiger partial charge in [-0.1, -0.05) is 4.89 Å². The maximum atomic E-state index is 11.0. The van der Waals surface area contributed by atoms with Crippen LogP contribution in [0.3, 0.4) is 0 Å². The summed E-state index contributed by atoms with van der Waals surface area (Å²) >= 11 is 0. The number of sulfonamides is 1. The minimum atomic E-state index is -3.76. The molecule has 0 spiro atoms. The summed E-state index contributed by atoms with van der Waals surface area (Å²) in [4.78, 5) is 26.7. The van der Waals surface area contributed by atoms with Gasteiger partial charge < -0.3 is 10.5 Å². The smallest absolute Gasteiger partial charge is 0.306 e. The van der Waals surface area contributed by atoms with Crippen LogP contribution < -0.4 is 10.6 Å². The van der Waals surface area contributed by atoms with E-state index in [0.29, 0.717) is 0 Å². The number of hydrogen-bond donors (Lipinski definition) is 2. The Morgan fingerprint density at radius 1 is 1.40 bits per heavy atom. The topological polar surface area (TPSA) is 125 Å². The maximum absolute atomic E-state index is 11.0. The minimum Gasteiger partial charge on any atom is -0.469 e. The molecule has 1 amide bonds. The van der Waals surface area contributed by atoms with Gasteiger partial charge in [-0.2, -0.15) is 0 Å². The van der Waals surface area contributed by atoms with E-state index < -0.39 is 34.3 Å². The van der Waals surface area contributed by atoms with E-state index >= 15 is 0 Å². The molecule has 0 aliphatic heterocycles. The van der Waals surface area contributed by atoms with Crippen molar-refractivity contribution in [3.05, 3.63) is 0 Å². The van der Waals surface area contributed by atoms with Gasteiger partial charge in [-0.15, -0.1) is 0 Å². The Bertz CT molecular complexity index is 325. The molecule has 0 aromatic rings. The van der Waals surface area contributed by atoms with Crippen molar-refractivity contribution in [3.63, 3.8) is 0 Å². The molecular formula is C6H12N2O6S. The Balaban J connectivity index is 3.87. The maximum Gasteiger partial charge on any atom is 0.306 e. The Morgan fingerprint density at radius 3 is 2.47 bits per heavy atom. The average Bonchev–Trinajstić information content (AvgIpc) is 2.13. The second-order valence-electron chi connectivity index (χ2n) is 2.48. The molecule has 0 aromatic heterocycles. The molecule has 0 aliphatic rings. The molecule has 88 valence electrons. The Morgan fingerprint density at radius 2 is 2.00 bits per heavy atom. The van der Waals surface area contributed by atoms with E-state index in [4.69, 9.17) is 5.73 Å². The fraction of sp³-hybridized carbons (Fsp3) is 0.667. The standard InChI is InChI=1S/C6H12N2O6S/c1-13-6(10)2-3-15(11,12)8-14-4-5(7)9/h8H,2-4H2,1H3,(H2,7,9). The highest BCUT2D eigenvalue weighted by molar-refractivity contribution is 7.89. The van der Waals surface area contributed by atoms with Crippen molar-refractivity contribution in [1.82, 2.24) is 4.89 Å². The number of amides is 1. The van der Waals surface area contributed by atoms with Crippen molar-refractivity contribution in [2.24, 2.45) is 5.73 Å². The van der Waals surface area contributed by atoms with Crippen molar-refractivity contribution >= 4 is 21.9 Å². The van der Waals surface area contributed by atoms with Crippen LogP contribution in [0.15, 0.2) is 0 Å².